The van der Waals surface area contributed by atoms with Gasteiger partial charge in [-0.05, 0) is 76.2 Å². The van der Waals surface area contributed by atoms with E-state index in [9.17, 15) is 9.90 Å². The number of hydrogen-bond donors (Lipinski definition) is 1. The topological polar surface area (TPSA) is 55.8 Å². The second kappa shape index (κ2) is 9.44. The number of ether oxygens (including phenoxy) is 2. The Balaban J connectivity index is 1.47. The minimum atomic E-state index is -0.894. The second-order valence-electron chi connectivity index (χ2n) is 9.40. The molecule has 3 rings (SSSR count). The molecule has 0 saturated heterocycles. The molecule has 0 bridgehead atoms. The molecular formula is C25H36O4. The van der Waals surface area contributed by atoms with Crippen molar-refractivity contribution in [3.8, 4) is 0 Å². The third-order valence-electron chi connectivity index (χ3n) is 6.68. The van der Waals surface area contributed by atoms with Crippen LogP contribution in [0, 0.1) is 5.41 Å². The Morgan fingerprint density at radius 2 is 2.14 bits per heavy atom. The lowest BCUT2D eigenvalue weighted by atomic mass is 9.71. The highest BCUT2D eigenvalue weighted by Gasteiger charge is 2.29. The van der Waals surface area contributed by atoms with Crippen LogP contribution in [0.4, 0.5) is 0 Å². The van der Waals surface area contributed by atoms with E-state index < -0.39 is 6.29 Å². The number of cyclic esters (lactones) is 1. The van der Waals surface area contributed by atoms with Crippen molar-refractivity contribution < 1.29 is 19.4 Å². The molecule has 2 atom stereocenters. The minimum Gasteiger partial charge on any atom is -0.458 e. The first kappa shape index (κ1) is 22.0. The Kier molecular flexibility index (Phi) is 7.18. The van der Waals surface area contributed by atoms with Crippen molar-refractivity contribution >= 4 is 5.97 Å². The van der Waals surface area contributed by atoms with Gasteiger partial charge in [-0.25, -0.2) is 4.79 Å². The molecule has 0 fully saturated rings. The fraction of sp³-hybridized carbons (Fsp3) is 0.640. The van der Waals surface area contributed by atoms with Gasteiger partial charge < -0.3 is 14.6 Å². The highest BCUT2D eigenvalue weighted by Crippen LogP contribution is 2.42. The van der Waals surface area contributed by atoms with E-state index in [4.69, 9.17) is 9.47 Å². The SMILES string of the molecule is CC1=C(CC/C(C)=C/CCC2=CC[C@@H](C3=CC(=O)OC3)O[C@H]2O)C(C)(C)CCC1. The van der Waals surface area contributed by atoms with Crippen LogP contribution >= 0.6 is 0 Å². The molecule has 0 unspecified atom stereocenters. The van der Waals surface area contributed by atoms with Crippen molar-refractivity contribution in [2.24, 2.45) is 5.41 Å². The second-order valence-corrected chi connectivity index (χ2v) is 9.40. The van der Waals surface area contributed by atoms with Crippen LogP contribution < -0.4 is 0 Å². The van der Waals surface area contributed by atoms with E-state index in [1.54, 1.807) is 11.1 Å². The zero-order chi connectivity index (χ0) is 21.0. The van der Waals surface area contributed by atoms with E-state index in [1.165, 1.54) is 30.9 Å². The van der Waals surface area contributed by atoms with Crippen molar-refractivity contribution in [3.05, 3.63) is 46.1 Å². The van der Waals surface area contributed by atoms with Crippen LogP contribution in [0.25, 0.3) is 0 Å². The molecule has 0 aromatic rings. The van der Waals surface area contributed by atoms with E-state index in [2.05, 4.69) is 39.8 Å². The van der Waals surface area contributed by atoms with Crippen molar-refractivity contribution in [2.75, 3.05) is 6.61 Å². The normalized spacial score (nSPS) is 27.6. The van der Waals surface area contributed by atoms with Crippen LogP contribution in [0.3, 0.4) is 0 Å². The summed E-state index contributed by atoms with van der Waals surface area (Å²) in [5, 5.41) is 10.3. The number of carbonyl (C=O) groups is 1. The van der Waals surface area contributed by atoms with Crippen molar-refractivity contribution in [1.29, 1.82) is 0 Å². The zero-order valence-corrected chi connectivity index (χ0v) is 18.4. The number of carbonyl (C=O) groups excluding carboxylic acids is 1. The first-order valence-electron chi connectivity index (χ1n) is 11.0. The van der Waals surface area contributed by atoms with E-state index in [0.717, 1.165) is 36.8 Å². The zero-order valence-electron chi connectivity index (χ0n) is 18.4. The van der Waals surface area contributed by atoms with Gasteiger partial charge in [-0.2, -0.15) is 0 Å². The van der Waals surface area contributed by atoms with E-state index >= 15 is 0 Å². The highest BCUT2D eigenvalue weighted by molar-refractivity contribution is 5.85. The average Bonchev–Trinajstić information content (AvgIpc) is 3.08. The highest BCUT2D eigenvalue weighted by atomic mass is 16.6. The Morgan fingerprint density at radius 1 is 1.34 bits per heavy atom. The predicted molar refractivity (Wildman–Crippen MR) is 115 cm³/mol. The molecular weight excluding hydrogens is 364 g/mol. The van der Waals surface area contributed by atoms with E-state index in [1.807, 2.05) is 0 Å². The van der Waals surface area contributed by atoms with Gasteiger partial charge in [0.05, 0.1) is 6.10 Å². The van der Waals surface area contributed by atoms with Gasteiger partial charge in [0.2, 0.25) is 0 Å². The summed E-state index contributed by atoms with van der Waals surface area (Å²) in [5.41, 5.74) is 6.77. The van der Waals surface area contributed by atoms with Gasteiger partial charge in [-0.15, -0.1) is 0 Å². The molecule has 4 heteroatoms. The van der Waals surface area contributed by atoms with Crippen LogP contribution in [0.15, 0.2) is 46.1 Å². The number of aliphatic hydroxyl groups excluding tert-OH is 1. The largest absolute Gasteiger partial charge is 0.458 e. The summed E-state index contributed by atoms with van der Waals surface area (Å²) in [6.45, 7) is 9.57. The molecule has 0 radical (unpaired) electrons. The van der Waals surface area contributed by atoms with Gasteiger partial charge in [0.25, 0.3) is 0 Å². The summed E-state index contributed by atoms with van der Waals surface area (Å²) >= 11 is 0. The first-order chi connectivity index (χ1) is 13.8. The molecule has 3 aliphatic rings. The summed E-state index contributed by atoms with van der Waals surface area (Å²) < 4.78 is 10.6. The van der Waals surface area contributed by atoms with Gasteiger partial charge >= 0.3 is 5.97 Å². The minimum absolute atomic E-state index is 0.257. The van der Waals surface area contributed by atoms with Crippen LogP contribution in [0.1, 0.15) is 79.1 Å². The molecule has 2 aliphatic heterocycles. The fourth-order valence-corrected chi connectivity index (χ4v) is 4.83. The van der Waals surface area contributed by atoms with Crippen LogP contribution in [0.5, 0.6) is 0 Å². The number of aliphatic hydroxyl groups is 1. The summed E-state index contributed by atoms with van der Waals surface area (Å²) in [6.07, 6.45) is 13.2. The van der Waals surface area contributed by atoms with Crippen molar-refractivity contribution in [2.45, 2.75) is 91.5 Å². The molecule has 160 valence electrons. The summed E-state index contributed by atoms with van der Waals surface area (Å²) in [5.74, 6) is -0.323. The van der Waals surface area contributed by atoms with Crippen molar-refractivity contribution in [1.82, 2.24) is 0 Å². The molecule has 0 amide bonds. The third-order valence-corrected chi connectivity index (χ3v) is 6.68. The van der Waals surface area contributed by atoms with Gasteiger partial charge in [0.15, 0.2) is 6.29 Å². The first-order valence-corrected chi connectivity index (χ1v) is 11.0. The van der Waals surface area contributed by atoms with E-state index in [0.29, 0.717) is 11.8 Å². The van der Waals surface area contributed by atoms with Gasteiger partial charge in [-0.3, -0.25) is 0 Å². The Labute approximate surface area is 175 Å². The fourth-order valence-electron chi connectivity index (χ4n) is 4.83. The molecule has 0 spiro atoms. The quantitative estimate of drug-likeness (QED) is 0.450. The van der Waals surface area contributed by atoms with Crippen molar-refractivity contribution in [3.63, 3.8) is 0 Å². The van der Waals surface area contributed by atoms with Crippen LogP contribution in [0.2, 0.25) is 0 Å². The lowest BCUT2D eigenvalue weighted by Crippen LogP contribution is -2.29. The smallest absolute Gasteiger partial charge is 0.331 e. The third kappa shape index (κ3) is 5.70. The summed E-state index contributed by atoms with van der Waals surface area (Å²) in [6, 6.07) is 0. The van der Waals surface area contributed by atoms with Crippen LogP contribution in [-0.4, -0.2) is 30.1 Å². The van der Waals surface area contributed by atoms with E-state index in [-0.39, 0.29) is 18.7 Å². The predicted octanol–water partition coefficient (Wildman–Crippen LogP) is 5.54. The maximum atomic E-state index is 11.2. The number of allylic oxidation sites excluding steroid dienone is 4. The van der Waals surface area contributed by atoms with Gasteiger partial charge in [-0.1, -0.05) is 42.7 Å². The average molecular weight is 401 g/mol. The summed E-state index contributed by atoms with van der Waals surface area (Å²) in [4.78, 5) is 11.2. The number of esters is 1. The molecule has 2 heterocycles. The molecule has 1 N–H and O–H groups in total. The standard InChI is InChI=1S/C25H36O4/c1-17(10-12-21-18(2)8-6-14-25(21,3)4)7-5-9-19-11-13-22(29-24(19)27)20-15-23(26)28-16-20/h7,11,15,22,24,27H,5-6,8-10,12-14,16H2,1-4H3/b17-7+/t22-,24+/m0/s1. The van der Waals surface area contributed by atoms with Crippen LogP contribution in [-0.2, 0) is 14.3 Å². The lowest BCUT2D eigenvalue weighted by Gasteiger charge is -2.35. The molecule has 0 aromatic heterocycles. The Bertz CT molecular complexity index is 751. The maximum absolute atomic E-state index is 11.2. The molecule has 1 aliphatic carbocycles. The summed E-state index contributed by atoms with van der Waals surface area (Å²) in [7, 11) is 0. The van der Waals surface area contributed by atoms with Gasteiger partial charge in [0.1, 0.15) is 6.61 Å². The molecule has 0 aromatic carbocycles. The molecule has 4 nitrogen and oxygen atoms in total. The molecule has 29 heavy (non-hydrogen) atoms. The molecule has 0 saturated carbocycles. The lowest BCUT2D eigenvalue weighted by molar-refractivity contribution is -0.135. The van der Waals surface area contributed by atoms with Gasteiger partial charge in [0, 0.05) is 11.6 Å². The number of rotatable bonds is 7. The maximum Gasteiger partial charge on any atom is 0.331 e. The Morgan fingerprint density at radius 3 is 2.79 bits per heavy atom. The Hall–Kier alpha value is -1.65. The monoisotopic (exact) mass is 400 g/mol. The number of hydrogen-bond acceptors (Lipinski definition) is 4.